The molecule has 0 bridgehead atoms. The van der Waals surface area contributed by atoms with Crippen LogP contribution in [0.15, 0.2) is 0 Å². The third-order valence-corrected chi connectivity index (χ3v) is 1.16. The molecule has 0 aliphatic heterocycles. The van der Waals surface area contributed by atoms with Gasteiger partial charge in [0.2, 0.25) is 0 Å². The van der Waals surface area contributed by atoms with Gasteiger partial charge in [-0.2, -0.15) is 0 Å². The Balaban J connectivity index is 0. The summed E-state index contributed by atoms with van der Waals surface area (Å²) in [6.07, 6.45) is 0. The van der Waals surface area contributed by atoms with E-state index in [1.54, 1.807) is 0 Å². The van der Waals surface area contributed by atoms with Crippen LogP contribution in [0.1, 0.15) is 0 Å². The number of hydrogen-bond acceptors (Lipinski definition) is 4. The summed E-state index contributed by atoms with van der Waals surface area (Å²) in [7, 11) is 0.847. The molecule has 0 rings (SSSR count). The Kier molecular flexibility index (Phi) is 5.87. The van der Waals surface area contributed by atoms with Crippen LogP contribution in [-0.4, -0.2) is 21.6 Å². The van der Waals surface area contributed by atoms with Gasteiger partial charge in [-0.3, -0.25) is 0 Å². The molecule has 0 heterocycles. The van der Waals surface area contributed by atoms with Crippen LogP contribution >= 0.6 is 0 Å². The second kappa shape index (κ2) is 3.81. The molecule has 0 amide bonds. The van der Waals surface area contributed by atoms with Crippen molar-refractivity contribution in [2.45, 2.75) is 0 Å². The molecular weight excluding hydrogens is 216 g/mol. The molecule has 0 saturated heterocycles. The van der Waals surface area contributed by atoms with Crippen LogP contribution in [0.2, 0.25) is 0 Å². The van der Waals surface area contributed by atoms with E-state index < -0.39 is 14.5 Å². The molecule has 4 nitrogen and oxygen atoms in total. The van der Waals surface area contributed by atoms with Crippen molar-refractivity contribution in [2.75, 3.05) is 7.11 Å². The first-order valence-electron chi connectivity index (χ1n) is 1.14. The zero-order chi connectivity index (χ0) is 5.21. The van der Waals surface area contributed by atoms with Crippen molar-refractivity contribution in [3.05, 3.63) is 0 Å². The summed E-state index contributed by atoms with van der Waals surface area (Å²) in [5.41, 5.74) is 0. The van der Waals surface area contributed by atoms with E-state index in [1.165, 1.54) is 0 Å². The van der Waals surface area contributed by atoms with Gasteiger partial charge < -0.3 is 0 Å². The molecule has 0 aliphatic carbocycles. The minimum atomic E-state index is -5.16. The summed E-state index contributed by atoms with van der Waals surface area (Å²) < 4.78 is 31.4. The van der Waals surface area contributed by atoms with Crippen LogP contribution in [0.25, 0.3) is 0 Å². The third kappa shape index (κ3) is 10.9. The Morgan fingerprint density at radius 1 is 1.57 bits per heavy atom. The van der Waals surface area contributed by atoms with Crippen LogP contribution in [0.4, 0.5) is 0 Å². The number of rotatable bonds is 1. The van der Waals surface area contributed by atoms with E-state index in [-0.39, 0.29) is 19.5 Å². The first-order chi connectivity index (χ1) is 2.56. The quantitative estimate of drug-likeness (QED) is 0.447. The van der Waals surface area contributed by atoms with Crippen molar-refractivity contribution >= 4 is 14.5 Å². The predicted molar refractivity (Wildman–Crippen MR) is 13.4 cm³/mol. The van der Waals surface area contributed by atoms with Gasteiger partial charge in [0.15, 0.2) is 0 Å². The molecule has 0 atom stereocenters. The van der Waals surface area contributed by atoms with Crippen LogP contribution in [0.3, 0.4) is 0 Å². The van der Waals surface area contributed by atoms with Crippen molar-refractivity contribution in [3.8, 4) is 0 Å². The molecule has 0 spiro atoms. The van der Waals surface area contributed by atoms with E-state index in [2.05, 4.69) is 3.73 Å². The fourth-order valence-electron chi connectivity index (χ4n) is 0. The zero-order valence-electron chi connectivity index (χ0n) is 3.79. The normalized spacial score (nSPS) is 10.1. The van der Waals surface area contributed by atoms with Crippen molar-refractivity contribution in [2.24, 2.45) is 0 Å². The summed E-state index contributed by atoms with van der Waals surface area (Å²) in [5, 5.41) is 0. The molecule has 0 saturated carbocycles. The summed E-state index contributed by atoms with van der Waals surface area (Å²) in [6.45, 7) is 0. The molecule has 0 aromatic rings. The molecule has 0 fully saturated rings. The Hall–Kier alpha value is 0.862. The fraction of sp³-hybridized carbons (Fsp3) is 1.00. The van der Waals surface area contributed by atoms with Gasteiger partial charge in [0.05, 0.1) is 0 Å². The van der Waals surface area contributed by atoms with E-state index >= 15 is 0 Å². The first kappa shape index (κ1) is 10.8. The van der Waals surface area contributed by atoms with Crippen LogP contribution in [-0.2, 0) is 26.9 Å². The molecular formula is CH3AsO4Zn. The van der Waals surface area contributed by atoms with Gasteiger partial charge in [0.25, 0.3) is 0 Å². The third-order valence-electron chi connectivity index (χ3n) is 0.224. The maximum Gasteiger partial charge on any atom is 2.00 e. The fourth-order valence-corrected chi connectivity index (χ4v) is 0. The average Bonchev–Trinajstić information content (AvgIpc) is 1.35. The van der Waals surface area contributed by atoms with Gasteiger partial charge in [0, 0.05) is 0 Å². The smallest absolute Gasteiger partial charge is 2.00 e. The molecule has 0 aliphatic rings. The van der Waals surface area contributed by atoms with Crippen LogP contribution in [0.5, 0.6) is 0 Å². The van der Waals surface area contributed by atoms with Crippen molar-refractivity contribution < 1.29 is 35.1 Å². The maximum atomic E-state index is 9.31. The second-order valence-corrected chi connectivity index (χ2v) is 3.27. The van der Waals surface area contributed by atoms with Crippen molar-refractivity contribution in [1.29, 1.82) is 0 Å². The van der Waals surface area contributed by atoms with Gasteiger partial charge in [-0.05, 0) is 0 Å². The summed E-state index contributed by atoms with van der Waals surface area (Å²) >= 11 is -5.16. The molecule has 0 unspecified atom stereocenters. The van der Waals surface area contributed by atoms with E-state index in [0.717, 1.165) is 7.11 Å². The maximum absolute atomic E-state index is 9.31. The SMILES string of the molecule is CO[As](=O)([O-])[O-].[Zn+2]. The standard InChI is InChI=1S/CH5AsO4.Zn/c1-6-2(3,4)5;/h1H3,(H2,3,4,5);/q;+2/p-2. The van der Waals surface area contributed by atoms with Crippen molar-refractivity contribution in [3.63, 3.8) is 0 Å². The topological polar surface area (TPSA) is 72.4 Å². The second-order valence-electron chi connectivity index (χ2n) is 0.630. The van der Waals surface area contributed by atoms with E-state index in [0.29, 0.717) is 0 Å². The zero-order valence-corrected chi connectivity index (χ0v) is 8.63. The van der Waals surface area contributed by atoms with Gasteiger partial charge in [-0.25, -0.2) is 0 Å². The molecule has 0 aromatic heterocycles. The van der Waals surface area contributed by atoms with Crippen LogP contribution in [0, 0.1) is 0 Å². The Morgan fingerprint density at radius 2 is 1.71 bits per heavy atom. The minimum absolute atomic E-state index is 0. The van der Waals surface area contributed by atoms with Crippen LogP contribution < -0.4 is 8.19 Å². The summed E-state index contributed by atoms with van der Waals surface area (Å²) in [6, 6.07) is 0. The number of hydrogen-bond donors (Lipinski definition) is 0. The van der Waals surface area contributed by atoms with Gasteiger partial charge in [-0.1, -0.05) is 0 Å². The van der Waals surface area contributed by atoms with E-state index in [9.17, 15) is 11.9 Å². The molecule has 0 N–H and O–H groups in total. The molecule has 6 heteroatoms. The van der Waals surface area contributed by atoms with E-state index in [1.807, 2.05) is 0 Å². The predicted octanol–water partition coefficient (Wildman–Crippen LogP) is -2.78. The summed E-state index contributed by atoms with van der Waals surface area (Å²) in [5.74, 6) is 0. The summed E-state index contributed by atoms with van der Waals surface area (Å²) in [4.78, 5) is 0. The molecule has 7 heavy (non-hydrogen) atoms. The van der Waals surface area contributed by atoms with Crippen molar-refractivity contribution in [1.82, 2.24) is 0 Å². The van der Waals surface area contributed by atoms with Gasteiger partial charge in [-0.15, -0.1) is 0 Å². The molecule has 38 valence electrons. The largest absolute Gasteiger partial charge is 2.00 e. The molecule has 0 aromatic carbocycles. The van der Waals surface area contributed by atoms with E-state index in [4.69, 9.17) is 0 Å². The van der Waals surface area contributed by atoms with Gasteiger partial charge in [0.1, 0.15) is 0 Å². The Bertz CT molecular complexity index is 75.8. The Labute approximate surface area is 57.0 Å². The average molecular weight is 219 g/mol. The Morgan fingerprint density at radius 3 is 1.71 bits per heavy atom. The minimum Gasteiger partial charge on any atom is 2.00 e. The van der Waals surface area contributed by atoms with Gasteiger partial charge >= 0.3 is 56.8 Å². The first-order valence-corrected chi connectivity index (χ1v) is 4.20. The monoisotopic (exact) mass is 218 g/mol. The molecule has 0 radical (unpaired) electrons.